The summed E-state index contributed by atoms with van der Waals surface area (Å²) in [6.07, 6.45) is 1.11. The Kier molecular flexibility index (Phi) is 28.1. The molecule has 0 aliphatic carbocycles. The van der Waals surface area contributed by atoms with Crippen molar-refractivity contribution in [1.82, 2.24) is 16.0 Å². The molecule has 468 valence electrons. The number of ether oxygens (including phenoxy) is 3. The fraction of sp³-hybridized carbons (Fsp3) is 0.390. The smallest absolute Gasteiger partial charge is 0.255 e. The zero-order chi connectivity index (χ0) is 64.2. The van der Waals surface area contributed by atoms with Crippen LogP contribution in [0.2, 0.25) is 0 Å². The van der Waals surface area contributed by atoms with Gasteiger partial charge in [-0.3, -0.25) is 58.3 Å². The van der Waals surface area contributed by atoms with Crippen LogP contribution in [0.4, 0.5) is 0 Å². The summed E-state index contributed by atoms with van der Waals surface area (Å²) in [7, 11) is 4.09. The van der Waals surface area contributed by atoms with Crippen molar-refractivity contribution in [3.8, 4) is 17.2 Å². The van der Waals surface area contributed by atoms with Gasteiger partial charge in [0.25, 0.3) is 23.6 Å². The molecule has 0 fully saturated rings. The number of ketones is 4. The molecule has 0 bridgehead atoms. The zero-order valence-electron chi connectivity index (χ0n) is 49.2. The number of nitrogens with two attached hydrogens (primary N) is 10. The van der Waals surface area contributed by atoms with Crippen LogP contribution >= 0.6 is 0 Å². The molecule has 0 radical (unpaired) electrons. The maximum atomic E-state index is 14.4. The Morgan fingerprint density at radius 3 is 1.08 bits per heavy atom. The first-order valence-electron chi connectivity index (χ1n) is 27.8. The van der Waals surface area contributed by atoms with Gasteiger partial charge in [0.15, 0.2) is 47.0 Å². The number of carbonyl (C=O) groups excluding carboxylic acids is 8. The normalized spacial score (nSPS) is 12.1. The third-order valence-electron chi connectivity index (χ3n) is 13.5. The highest BCUT2D eigenvalue weighted by atomic mass is 16.5. The van der Waals surface area contributed by atoms with Crippen LogP contribution in [0.15, 0.2) is 98.8 Å². The van der Waals surface area contributed by atoms with Crippen molar-refractivity contribution in [1.29, 1.82) is 0 Å². The Labute approximate surface area is 504 Å². The van der Waals surface area contributed by atoms with E-state index in [2.05, 4.69) is 35.9 Å². The number of primary amides is 1. The summed E-state index contributed by atoms with van der Waals surface area (Å²) in [5.41, 5.74) is 57.6. The van der Waals surface area contributed by atoms with Crippen LogP contribution in [-0.4, -0.2) is 142 Å². The van der Waals surface area contributed by atoms with Crippen LogP contribution in [-0.2, 0) is 44.9 Å². The fourth-order valence-electron chi connectivity index (χ4n) is 9.12. The zero-order valence-corrected chi connectivity index (χ0v) is 49.2. The van der Waals surface area contributed by atoms with Crippen LogP contribution in [0.5, 0.6) is 17.2 Å². The molecule has 0 spiro atoms. The number of nitrogens with zero attached hydrogens (tertiary/aromatic N) is 4. The third-order valence-corrected chi connectivity index (χ3v) is 13.5. The molecule has 0 aliphatic rings. The molecule has 4 aromatic carbocycles. The lowest BCUT2D eigenvalue weighted by molar-refractivity contribution is -0.121. The standard InChI is InChI=1S/C59H81N17O11/c1-85-49-18-15-34(26-38(49)52(61)81)31-47(79)42(12-6-22-71-57(64)65)74-53(82)37-10-4-9-33(25-37)30-46(78)43(13-7-23-72-58(66)67)75-55(84)40-28-36(17-20-51(40)87-3)32-48(80)44(14-8-24-73-59(68)69)76-54(83)39-27-35(16-19-50(39)86-2)29-45(77)41(60)11-5-21-70-56(62)63/h4,9-10,15-20,25-28,41-44H,5-8,11-14,21-24,29-32,60H2,1-3H3,(H2,61,81)(H,74,82)(H,75,84)(H,76,83)(H4,62,63,70)(H4,64,65,71)(H4,66,67,72)(H4,68,69,73)/t41-,42-,43-,44-/m1/s1. The number of rotatable bonds is 38. The number of hydrogen-bond acceptors (Lipinski definition) is 16. The first kappa shape index (κ1) is 69.4. The average Bonchev–Trinajstić information content (AvgIpc) is 1.78. The van der Waals surface area contributed by atoms with Crippen LogP contribution in [0.25, 0.3) is 0 Å². The van der Waals surface area contributed by atoms with Crippen molar-refractivity contribution in [2.45, 2.75) is 101 Å². The van der Waals surface area contributed by atoms with E-state index in [1.165, 1.54) is 69.9 Å². The highest BCUT2D eigenvalue weighted by Gasteiger charge is 2.28. The molecule has 23 N–H and O–H groups in total. The molecule has 0 saturated heterocycles. The predicted molar refractivity (Wildman–Crippen MR) is 330 cm³/mol. The van der Waals surface area contributed by atoms with Crippen molar-refractivity contribution < 1.29 is 52.6 Å². The number of aliphatic imine (C=N–C) groups is 4. The Bertz CT molecular complexity index is 3200. The maximum absolute atomic E-state index is 14.4. The van der Waals surface area contributed by atoms with E-state index in [-0.39, 0.29) is 152 Å². The first-order chi connectivity index (χ1) is 41.4. The van der Waals surface area contributed by atoms with Gasteiger partial charge in [-0.15, -0.1) is 0 Å². The van der Waals surface area contributed by atoms with Gasteiger partial charge >= 0.3 is 0 Å². The number of amides is 4. The molecule has 87 heavy (non-hydrogen) atoms. The molecule has 0 aliphatic heterocycles. The van der Waals surface area contributed by atoms with Crippen molar-refractivity contribution in [3.63, 3.8) is 0 Å². The van der Waals surface area contributed by atoms with Crippen LogP contribution in [0.3, 0.4) is 0 Å². The minimum atomic E-state index is -1.14. The second-order valence-electron chi connectivity index (χ2n) is 20.2. The second-order valence-corrected chi connectivity index (χ2v) is 20.2. The summed E-state index contributed by atoms with van der Waals surface area (Å²) in [6.45, 7) is 0.728. The summed E-state index contributed by atoms with van der Waals surface area (Å²) in [6, 6.07) is 15.8. The molecule has 28 nitrogen and oxygen atoms in total. The lowest BCUT2D eigenvalue weighted by atomic mass is 9.96. The summed E-state index contributed by atoms with van der Waals surface area (Å²) < 4.78 is 16.3. The molecule has 0 saturated carbocycles. The molecule has 4 amide bonds. The minimum absolute atomic E-state index is 0.0240. The Balaban J connectivity index is 1.57. The molecule has 0 aromatic heterocycles. The van der Waals surface area contributed by atoms with Crippen molar-refractivity contribution >= 4 is 70.6 Å². The quantitative estimate of drug-likeness (QED) is 0.0148. The Hall–Kier alpha value is -10.1. The van der Waals surface area contributed by atoms with E-state index in [1.54, 1.807) is 30.3 Å². The highest BCUT2D eigenvalue weighted by molar-refractivity contribution is 6.03. The molecule has 0 unspecified atom stereocenters. The van der Waals surface area contributed by atoms with Crippen molar-refractivity contribution in [3.05, 3.63) is 123 Å². The first-order valence-corrected chi connectivity index (χ1v) is 27.8. The van der Waals surface area contributed by atoms with Gasteiger partial charge < -0.3 is 87.5 Å². The molecule has 4 aromatic rings. The van der Waals surface area contributed by atoms with E-state index in [4.69, 9.17) is 71.5 Å². The van der Waals surface area contributed by atoms with E-state index >= 15 is 0 Å². The van der Waals surface area contributed by atoms with Gasteiger partial charge in [-0.05, 0) is 122 Å². The topological polar surface area (TPSA) is 510 Å². The number of nitrogens with one attached hydrogen (secondary N) is 3. The summed E-state index contributed by atoms with van der Waals surface area (Å²) in [4.78, 5) is 126. The largest absolute Gasteiger partial charge is 0.496 e. The van der Waals surface area contributed by atoms with Gasteiger partial charge in [-0.2, -0.15) is 0 Å². The Morgan fingerprint density at radius 1 is 0.402 bits per heavy atom. The third kappa shape index (κ3) is 23.5. The summed E-state index contributed by atoms with van der Waals surface area (Å²) >= 11 is 0. The number of benzene rings is 4. The molecule has 4 rings (SSSR count). The number of hydrogen-bond donors (Lipinski definition) is 13. The SMILES string of the molecule is COc1ccc(CC(=O)[C@@H](CCCN=C(N)N)NC(=O)c2cccc(CC(=O)[C@@H](CCCN=C(N)N)NC(=O)c3cc(CC(=O)[C@@H](CCCN=C(N)N)NC(=O)c4cc(CC(=O)[C@H](N)CCCN=C(N)N)ccc4OC)ccc3OC)c2)cc1C(N)=O. The lowest BCUT2D eigenvalue weighted by Gasteiger charge is -2.20. The number of guanidine groups is 4. The van der Waals surface area contributed by atoms with E-state index in [0.29, 0.717) is 48.1 Å². The molecule has 4 atom stereocenters. The van der Waals surface area contributed by atoms with Gasteiger partial charge in [0.1, 0.15) is 17.2 Å². The average molecular weight is 1200 g/mol. The molecular weight excluding hydrogens is 1120 g/mol. The number of methoxy groups -OCH3 is 3. The van der Waals surface area contributed by atoms with E-state index in [9.17, 15) is 38.4 Å². The fourth-order valence-corrected chi connectivity index (χ4v) is 9.12. The van der Waals surface area contributed by atoms with Crippen molar-refractivity contribution in [2.75, 3.05) is 47.5 Å². The van der Waals surface area contributed by atoms with Crippen LogP contribution < -0.4 is 87.5 Å². The van der Waals surface area contributed by atoms with Gasteiger partial charge in [0.2, 0.25) is 0 Å². The predicted octanol–water partition coefficient (Wildman–Crippen LogP) is -0.805. The van der Waals surface area contributed by atoms with Gasteiger partial charge in [0.05, 0.1) is 62.2 Å². The lowest BCUT2D eigenvalue weighted by Crippen LogP contribution is -2.42. The minimum Gasteiger partial charge on any atom is -0.496 e. The van der Waals surface area contributed by atoms with E-state index in [0.717, 1.165) is 0 Å². The summed E-state index contributed by atoms with van der Waals surface area (Å²) in [5, 5.41) is 8.43. The number of Topliss-reactive ketones (excluding diaryl/α,β-unsaturated/α-hetero) is 4. The molecular formula is C59H81N17O11. The highest BCUT2D eigenvalue weighted by Crippen LogP contribution is 2.25. The van der Waals surface area contributed by atoms with Gasteiger partial charge in [0, 0.05) is 57.4 Å². The second kappa shape index (κ2) is 35.2. The van der Waals surface area contributed by atoms with Crippen molar-refractivity contribution in [2.24, 2.45) is 77.3 Å². The van der Waals surface area contributed by atoms with Gasteiger partial charge in [-0.1, -0.05) is 30.3 Å². The molecule has 28 heteroatoms. The monoisotopic (exact) mass is 1200 g/mol. The Morgan fingerprint density at radius 2 is 0.724 bits per heavy atom. The molecule has 0 heterocycles. The van der Waals surface area contributed by atoms with Crippen LogP contribution in [0, 0.1) is 0 Å². The van der Waals surface area contributed by atoms with E-state index in [1.807, 2.05) is 0 Å². The van der Waals surface area contributed by atoms with Crippen LogP contribution in [0.1, 0.15) is 115 Å². The maximum Gasteiger partial charge on any atom is 0.255 e. The summed E-state index contributed by atoms with van der Waals surface area (Å²) in [5.74, 6) is -4.41. The van der Waals surface area contributed by atoms with E-state index < -0.39 is 59.4 Å². The van der Waals surface area contributed by atoms with Gasteiger partial charge in [-0.25, -0.2) is 0 Å². The number of carbonyl (C=O) groups is 8.